The third kappa shape index (κ3) is 3.58. The Morgan fingerprint density at radius 3 is 2.32 bits per heavy atom. The first-order valence-electron chi connectivity index (χ1n) is 5.66. The molecule has 1 aromatic carbocycles. The highest BCUT2D eigenvalue weighted by atomic mass is 32.2. The number of anilines is 1. The van der Waals surface area contributed by atoms with Crippen molar-refractivity contribution in [3.8, 4) is 5.75 Å². The Kier molecular flexibility index (Phi) is 4.73. The van der Waals surface area contributed by atoms with Crippen LogP contribution in [0.1, 0.15) is 24.2 Å². The topological polar surface area (TPSA) is 107 Å². The van der Waals surface area contributed by atoms with Crippen LogP contribution < -0.4 is 4.72 Å². The van der Waals surface area contributed by atoms with Gasteiger partial charge in [-0.15, -0.1) is 0 Å². The summed E-state index contributed by atoms with van der Waals surface area (Å²) >= 11 is 0. The van der Waals surface area contributed by atoms with E-state index in [1.54, 1.807) is 13.8 Å². The largest absolute Gasteiger partial charge is 0.506 e. The van der Waals surface area contributed by atoms with Crippen LogP contribution in [0.5, 0.6) is 5.75 Å². The van der Waals surface area contributed by atoms with E-state index in [4.69, 9.17) is 5.11 Å². The fraction of sp³-hybridized carbons (Fsp3) is 0.364. The highest BCUT2D eigenvalue weighted by Crippen LogP contribution is 2.25. The lowest BCUT2D eigenvalue weighted by Gasteiger charge is -2.19. The fourth-order valence-corrected chi connectivity index (χ4v) is 2.78. The molecule has 0 atom stereocenters. The van der Waals surface area contributed by atoms with Gasteiger partial charge in [-0.2, -0.15) is 12.7 Å². The Balaban J connectivity index is 3.04. The number of aromatic carboxylic acids is 1. The standard InChI is InChI=1S/C11H16N2O5S/c1-3-13(4-2)19(17,18)12-9-6-5-8(11(15)16)7-10(9)14/h5-7,12,14H,3-4H2,1-2H3,(H,15,16). The van der Waals surface area contributed by atoms with E-state index in [0.29, 0.717) is 13.1 Å². The maximum absolute atomic E-state index is 11.9. The zero-order chi connectivity index (χ0) is 14.6. The maximum atomic E-state index is 11.9. The van der Waals surface area contributed by atoms with Crippen LogP contribution in [-0.2, 0) is 10.2 Å². The third-order valence-corrected chi connectivity index (χ3v) is 4.20. The first kappa shape index (κ1) is 15.3. The zero-order valence-electron chi connectivity index (χ0n) is 10.6. The molecule has 0 fully saturated rings. The summed E-state index contributed by atoms with van der Waals surface area (Å²) in [5.74, 6) is -1.64. The molecule has 0 aliphatic rings. The number of carbonyl (C=O) groups is 1. The van der Waals surface area contributed by atoms with Crippen molar-refractivity contribution in [2.75, 3.05) is 17.8 Å². The molecule has 0 amide bonds. The number of aromatic hydroxyl groups is 1. The first-order chi connectivity index (χ1) is 8.81. The summed E-state index contributed by atoms with van der Waals surface area (Å²) < 4.78 is 27.2. The van der Waals surface area contributed by atoms with Gasteiger partial charge in [0.2, 0.25) is 0 Å². The van der Waals surface area contributed by atoms with Gasteiger partial charge in [0.1, 0.15) is 5.75 Å². The summed E-state index contributed by atoms with van der Waals surface area (Å²) in [7, 11) is -3.76. The van der Waals surface area contributed by atoms with Crippen molar-refractivity contribution in [3.05, 3.63) is 23.8 Å². The molecule has 0 spiro atoms. The van der Waals surface area contributed by atoms with Gasteiger partial charge in [0.25, 0.3) is 0 Å². The molecule has 7 nitrogen and oxygen atoms in total. The SMILES string of the molecule is CCN(CC)S(=O)(=O)Nc1ccc(C(=O)O)cc1O. The predicted octanol–water partition coefficient (Wildman–Crippen LogP) is 1.09. The molecule has 8 heteroatoms. The van der Waals surface area contributed by atoms with Crippen molar-refractivity contribution in [2.24, 2.45) is 0 Å². The molecule has 0 heterocycles. The van der Waals surface area contributed by atoms with Gasteiger partial charge in [-0.05, 0) is 18.2 Å². The summed E-state index contributed by atoms with van der Waals surface area (Å²) in [6.07, 6.45) is 0. The van der Waals surface area contributed by atoms with E-state index in [9.17, 15) is 18.3 Å². The Morgan fingerprint density at radius 2 is 1.89 bits per heavy atom. The predicted molar refractivity (Wildman–Crippen MR) is 70.5 cm³/mol. The minimum atomic E-state index is -3.76. The number of carboxylic acids is 1. The summed E-state index contributed by atoms with van der Waals surface area (Å²) in [5.41, 5.74) is -0.180. The molecule has 0 saturated heterocycles. The van der Waals surface area contributed by atoms with Crippen LogP contribution >= 0.6 is 0 Å². The fourth-order valence-electron chi connectivity index (χ4n) is 1.52. The van der Waals surface area contributed by atoms with Crippen LogP contribution in [0.2, 0.25) is 0 Å². The molecular formula is C11H16N2O5S. The second-order valence-corrected chi connectivity index (χ2v) is 5.40. The zero-order valence-corrected chi connectivity index (χ0v) is 11.4. The van der Waals surface area contributed by atoms with Crippen LogP contribution in [0.4, 0.5) is 5.69 Å². The van der Waals surface area contributed by atoms with Crippen LogP contribution in [0, 0.1) is 0 Å². The monoisotopic (exact) mass is 288 g/mol. The van der Waals surface area contributed by atoms with Crippen LogP contribution in [0.3, 0.4) is 0 Å². The number of hydrogen-bond donors (Lipinski definition) is 3. The molecule has 106 valence electrons. The number of benzene rings is 1. The Labute approximate surface area is 111 Å². The van der Waals surface area contributed by atoms with Gasteiger partial charge in [0.05, 0.1) is 11.3 Å². The van der Waals surface area contributed by atoms with E-state index >= 15 is 0 Å². The van der Waals surface area contributed by atoms with Crippen molar-refractivity contribution >= 4 is 21.9 Å². The summed E-state index contributed by atoms with van der Waals surface area (Å²) in [4.78, 5) is 10.7. The minimum Gasteiger partial charge on any atom is -0.506 e. The van der Waals surface area contributed by atoms with Gasteiger partial charge < -0.3 is 10.2 Å². The van der Waals surface area contributed by atoms with Crippen molar-refractivity contribution in [2.45, 2.75) is 13.8 Å². The van der Waals surface area contributed by atoms with E-state index in [1.807, 2.05) is 0 Å². The molecule has 0 aliphatic heterocycles. The number of phenols is 1. The molecule has 0 aliphatic carbocycles. The van der Waals surface area contributed by atoms with E-state index in [1.165, 1.54) is 16.4 Å². The van der Waals surface area contributed by atoms with E-state index in [2.05, 4.69) is 4.72 Å². The number of nitrogens with zero attached hydrogens (tertiary/aromatic N) is 1. The van der Waals surface area contributed by atoms with Gasteiger partial charge in [0, 0.05) is 13.1 Å². The molecule has 19 heavy (non-hydrogen) atoms. The Morgan fingerprint density at radius 1 is 1.32 bits per heavy atom. The lowest BCUT2D eigenvalue weighted by atomic mass is 10.2. The second-order valence-electron chi connectivity index (χ2n) is 3.73. The summed E-state index contributed by atoms with van der Waals surface area (Å²) in [5, 5.41) is 18.4. The number of phenolic OH excluding ortho intramolecular Hbond substituents is 1. The molecule has 0 bridgehead atoms. The molecule has 0 aromatic heterocycles. The normalized spacial score (nSPS) is 11.5. The van der Waals surface area contributed by atoms with Gasteiger partial charge >= 0.3 is 16.2 Å². The van der Waals surface area contributed by atoms with Gasteiger partial charge in [-0.1, -0.05) is 13.8 Å². The third-order valence-electron chi connectivity index (χ3n) is 2.53. The number of hydrogen-bond acceptors (Lipinski definition) is 4. The van der Waals surface area contributed by atoms with Gasteiger partial charge in [-0.25, -0.2) is 4.79 Å². The quantitative estimate of drug-likeness (QED) is 0.679. The molecule has 0 unspecified atom stereocenters. The second kappa shape index (κ2) is 5.89. The van der Waals surface area contributed by atoms with Crippen molar-refractivity contribution in [1.82, 2.24) is 4.31 Å². The smallest absolute Gasteiger partial charge is 0.335 e. The minimum absolute atomic E-state index is 0.0584. The van der Waals surface area contributed by atoms with E-state index < -0.39 is 21.9 Å². The average molecular weight is 288 g/mol. The van der Waals surface area contributed by atoms with Crippen LogP contribution in [0.25, 0.3) is 0 Å². The van der Waals surface area contributed by atoms with Crippen LogP contribution in [-0.4, -0.2) is 42.0 Å². The van der Waals surface area contributed by atoms with Gasteiger partial charge in [-0.3, -0.25) is 4.72 Å². The van der Waals surface area contributed by atoms with Crippen molar-refractivity contribution in [3.63, 3.8) is 0 Å². The van der Waals surface area contributed by atoms with Crippen molar-refractivity contribution in [1.29, 1.82) is 0 Å². The molecule has 1 rings (SSSR count). The van der Waals surface area contributed by atoms with E-state index in [0.717, 1.165) is 6.07 Å². The van der Waals surface area contributed by atoms with Crippen LogP contribution in [0.15, 0.2) is 18.2 Å². The lowest BCUT2D eigenvalue weighted by Crippen LogP contribution is -2.35. The molecule has 0 radical (unpaired) electrons. The Bertz CT molecular complexity index is 566. The number of rotatable bonds is 6. The average Bonchev–Trinajstić information content (AvgIpc) is 2.32. The van der Waals surface area contributed by atoms with Gasteiger partial charge in [0.15, 0.2) is 0 Å². The highest BCUT2D eigenvalue weighted by molar-refractivity contribution is 7.90. The van der Waals surface area contributed by atoms with E-state index in [-0.39, 0.29) is 11.3 Å². The maximum Gasteiger partial charge on any atom is 0.335 e. The number of nitrogens with one attached hydrogen (secondary N) is 1. The first-order valence-corrected chi connectivity index (χ1v) is 7.10. The molecule has 0 saturated carbocycles. The number of carboxylic acid groups (broad SMARTS) is 1. The summed E-state index contributed by atoms with van der Waals surface area (Å²) in [6.45, 7) is 3.96. The van der Waals surface area contributed by atoms with Crippen molar-refractivity contribution < 1.29 is 23.4 Å². The molecule has 1 aromatic rings. The Hall–Kier alpha value is -1.80. The molecular weight excluding hydrogens is 272 g/mol. The summed E-state index contributed by atoms with van der Waals surface area (Å²) in [6, 6.07) is 3.41. The highest BCUT2D eigenvalue weighted by Gasteiger charge is 2.20. The lowest BCUT2D eigenvalue weighted by molar-refractivity contribution is 0.0696. The molecule has 3 N–H and O–H groups in total.